The zero-order valence-electron chi connectivity index (χ0n) is 17.3. The summed E-state index contributed by atoms with van der Waals surface area (Å²) < 4.78 is 22.2. The normalized spacial score (nSPS) is 10.6. The molecule has 0 saturated carbocycles. The van der Waals surface area contributed by atoms with Crippen molar-refractivity contribution >= 4 is 12.0 Å². The van der Waals surface area contributed by atoms with E-state index in [1.165, 1.54) is 12.3 Å². The molecule has 1 heterocycles. The molecule has 0 unspecified atom stereocenters. The van der Waals surface area contributed by atoms with Gasteiger partial charge in [0.15, 0.2) is 11.5 Å². The van der Waals surface area contributed by atoms with Crippen LogP contribution in [0.4, 0.5) is 0 Å². The monoisotopic (exact) mass is 421 g/mol. The van der Waals surface area contributed by atoms with E-state index < -0.39 is 5.97 Å². The molecule has 3 rings (SSSR count). The van der Waals surface area contributed by atoms with Crippen LogP contribution in [0.3, 0.4) is 0 Å². The third-order valence-electron chi connectivity index (χ3n) is 4.36. The molecule has 0 bridgehead atoms. The van der Waals surface area contributed by atoms with E-state index in [1.807, 2.05) is 48.5 Å². The zero-order chi connectivity index (χ0) is 22.1. The molecule has 0 saturated heterocycles. The number of carbonyl (C=O) groups is 1. The maximum atomic E-state index is 10.8. The van der Waals surface area contributed by atoms with Crippen LogP contribution in [0.25, 0.3) is 6.08 Å². The summed E-state index contributed by atoms with van der Waals surface area (Å²) in [5.74, 6) is 1.39. The van der Waals surface area contributed by atoms with Gasteiger partial charge < -0.3 is 24.1 Å². The minimum Gasteiger partial charge on any atom is -0.497 e. The van der Waals surface area contributed by atoms with Gasteiger partial charge >= 0.3 is 5.97 Å². The number of benzene rings is 2. The Morgan fingerprint density at radius 3 is 1.87 bits per heavy atom. The van der Waals surface area contributed by atoms with Crippen molar-refractivity contribution in [3.05, 3.63) is 83.7 Å². The molecule has 0 amide bonds. The summed E-state index contributed by atoms with van der Waals surface area (Å²) in [4.78, 5) is 15.0. The number of nitrogens with zero attached hydrogens (tertiary/aromatic N) is 1. The van der Waals surface area contributed by atoms with E-state index in [9.17, 15) is 4.79 Å². The Morgan fingerprint density at radius 2 is 1.39 bits per heavy atom. The lowest BCUT2D eigenvalue weighted by molar-refractivity contribution is -0.131. The molecule has 0 aliphatic heterocycles. The summed E-state index contributed by atoms with van der Waals surface area (Å²) in [5.41, 5.74) is 2.35. The van der Waals surface area contributed by atoms with Crippen molar-refractivity contribution in [2.75, 3.05) is 14.2 Å². The Labute approximate surface area is 180 Å². The molecule has 0 aliphatic carbocycles. The highest BCUT2D eigenvalue weighted by Gasteiger charge is 2.09. The van der Waals surface area contributed by atoms with Gasteiger partial charge in [0.05, 0.1) is 26.1 Å². The number of carboxylic acid groups (broad SMARTS) is 1. The molecule has 0 spiro atoms. The zero-order valence-corrected chi connectivity index (χ0v) is 17.3. The quantitative estimate of drug-likeness (QED) is 0.487. The van der Waals surface area contributed by atoms with Gasteiger partial charge in [-0.25, -0.2) is 4.79 Å². The van der Waals surface area contributed by atoms with Gasteiger partial charge in [-0.3, -0.25) is 4.98 Å². The number of aromatic nitrogens is 1. The fourth-order valence-corrected chi connectivity index (χ4v) is 2.67. The Balaban J connectivity index is 1.76. The van der Waals surface area contributed by atoms with Gasteiger partial charge in [-0.15, -0.1) is 0 Å². The first-order chi connectivity index (χ1) is 15.1. The van der Waals surface area contributed by atoms with E-state index in [1.54, 1.807) is 20.3 Å². The molecule has 7 heteroatoms. The largest absolute Gasteiger partial charge is 0.497 e. The van der Waals surface area contributed by atoms with Crippen LogP contribution in [0.2, 0.25) is 0 Å². The van der Waals surface area contributed by atoms with Crippen molar-refractivity contribution in [3.63, 3.8) is 0 Å². The first kappa shape index (κ1) is 21.7. The highest BCUT2D eigenvalue weighted by atomic mass is 16.5. The van der Waals surface area contributed by atoms with E-state index in [0.29, 0.717) is 30.4 Å². The molecule has 2 aromatic carbocycles. The topological polar surface area (TPSA) is 87.1 Å². The molecule has 1 N–H and O–H groups in total. The number of hydrogen-bond acceptors (Lipinski definition) is 6. The molecular weight excluding hydrogens is 398 g/mol. The molecule has 3 aromatic rings. The lowest BCUT2D eigenvalue weighted by Crippen LogP contribution is -2.02. The summed E-state index contributed by atoms with van der Waals surface area (Å²) in [5, 5.41) is 8.85. The van der Waals surface area contributed by atoms with Crippen molar-refractivity contribution in [1.29, 1.82) is 0 Å². The predicted octanol–water partition coefficient (Wildman–Crippen LogP) is 4.35. The van der Waals surface area contributed by atoms with Crippen LogP contribution in [-0.4, -0.2) is 30.3 Å². The highest BCUT2D eigenvalue weighted by molar-refractivity contribution is 5.85. The predicted molar refractivity (Wildman–Crippen MR) is 116 cm³/mol. The van der Waals surface area contributed by atoms with E-state index in [2.05, 4.69) is 4.98 Å². The lowest BCUT2D eigenvalue weighted by Gasteiger charge is -2.14. The second kappa shape index (κ2) is 10.7. The highest BCUT2D eigenvalue weighted by Crippen LogP contribution is 2.29. The van der Waals surface area contributed by atoms with Crippen molar-refractivity contribution < 1.29 is 28.8 Å². The number of aliphatic carboxylic acids is 1. The first-order valence-electron chi connectivity index (χ1n) is 9.50. The molecule has 0 fully saturated rings. The maximum Gasteiger partial charge on any atom is 0.328 e. The number of carboxylic acids is 1. The Bertz CT molecular complexity index is 1030. The maximum absolute atomic E-state index is 10.8. The summed E-state index contributed by atoms with van der Waals surface area (Å²) in [6.45, 7) is 0.615. The SMILES string of the molecule is COc1ccc(COc2cnc(C=CC(=O)O)cc2OCc2ccc(OC)cc2)cc1. The van der Waals surface area contributed by atoms with Gasteiger partial charge in [-0.05, 0) is 41.5 Å². The molecule has 0 atom stereocenters. The third-order valence-corrected chi connectivity index (χ3v) is 4.36. The van der Waals surface area contributed by atoms with E-state index >= 15 is 0 Å². The van der Waals surface area contributed by atoms with Crippen LogP contribution < -0.4 is 18.9 Å². The number of methoxy groups -OCH3 is 2. The molecular formula is C24H23NO6. The lowest BCUT2D eigenvalue weighted by atomic mass is 10.2. The van der Waals surface area contributed by atoms with E-state index in [-0.39, 0.29) is 0 Å². The smallest absolute Gasteiger partial charge is 0.328 e. The van der Waals surface area contributed by atoms with Gasteiger partial charge in [-0.2, -0.15) is 0 Å². The molecule has 160 valence electrons. The third kappa shape index (κ3) is 6.50. The Morgan fingerprint density at radius 1 is 0.871 bits per heavy atom. The van der Waals surface area contributed by atoms with Gasteiger partial charge in [-0.1, -0.05) is 24.3 Å². The van der Waals surface area contributed by atoms with Crippen molar-refractivity contribution in [3.8, 4) is 23.0 Å². The number of hydrogen-bond donors (Lipinski definition) is 1. The summed E-state index contributed by atoms with van der Waals surface area (Å²) in [7, 11) is 3.23. The summed E-state index contributed by atoms with van der Waals surface area (Å²) >= 11 is 0. The second-order valence-corrected chi connectivity index (χ2v) is 6.50. The molecule has 0 aliphatic rings. The van der Waals surface area contributed by atoms with Gasteiger partial charge in [0.25, 0.3) is 0 Å². The number of rotatable bonds is 10. The van der Waals surface area contributed by atoms with E-state index in [0.717, 1.165) is 28.7 Å². The number of ether oxygens (including phenoxy) is 4. The van der Waals surface area contributed by atoms with Crippen LogP contribution in [0.1, 0.15) is 16.8 Å². The summed E-state index contributed by atoms with van der Waals surface area (Å²) in [6, 6.07) is 16.7. The van der Waals surface area contributed by atoms with Crippen LogP contribution in [-0.2, 0) is 18.0 Å². The molecule has 1 aromatic heterocycles. The molecule has 0 radical (unpaired) electrons. The fraction of sp³-hybridized carbons (Fsp3) is 0.167. The Kier molecular flexibility index (Phi) is 7.48. The first-order valence-corrected chi connectivity index (χ1v) is 9.50. The van der Waals surface area contributed by atoms with Gasteiger partial charge in [0.2, 0.25) is 0 Å². The van der Waals surface area contributed by atoms with Crippen LogP contribution in [0.5, 0.6) is 23.0 Å². The number of pyridine rings is 1. The van der Waals surface area contributed by atoms with Crippen molar-refractivity contribution in [2.45, 2.75) is 13.2 Å². The fourth-order valence-electron chi connectivity index (χ4n) is 2.67. The second-order valence-electron chi connectivity index (χ2n) is 6.50. The minimum absolute atomic E-state index is 0.301. The molecule has 31 heavy (non-hydrogen) atoms. The van der Waals surface area contributed by atoms with Crippen LogP contribution >= 0.6 is 0 Å². The molecule has 7 nitrogen and oxygen atoms in total. The standard InChI is InChI=1S/C24H23NO6/c1-28-20-8-3-17(4-9-20)15-30-22-13-19(7-12-24(26)27)25-14-23(22)31-16-18-5-10-21(29-2)11-6-18/h3-14H,15-16H2,1-2H3,(H,26,27). The minimum atomic E-state index is -1.05. The average Bonchev–Trinajstić information content (AvgIpc) is 2.81. The summed E-state index contributed by atoms with van der Waals surface area (Å²) in [6.07, 6.45) is 3.94. The average molecular weight is 421 g/mol. The van der Waals surface area contributed by atoms with Gasteiger partial charge in [0.1, 0.15) is 24.7 Å². The van der Waals surface area contributed by atoms with Gasteiger partial charge in [0, 0.05) is 12.1 Å². The Hall–Kier alpha value is -4.00. The van der Waals surface area contributed by atoms with Crippen LogP contribution in [0.15, 0.2) is 66.9 Å². The van der Waals surface area contributed by atoms with Crippen molar-refractivity contribution in [2.24, 2.45) is 0 Å². The van der Waals surface area contributed by atoms with E-state index in [4.69, 9.17) is 24.1 Å². The van der Waals surface area contributed by atoms with Crippen molar-refractivity contribution in [1.82, 2.24) is 4.98 Å². The van der Waals surface area contributed by atoms with Crippen LogP contribution in [0, 0.1) is 0 Å².